The summed E-state index contributed by atoms with van der Waals surface area (Å²) in [5, 5.41) is 8.98. The van der Waals surface area contributed by atoms with Crippen molar-refractivity contribution in [2.75, 3.05) is 13.2 Å². The van der Waals surface area contributed by atoms with E-state index in [4.69, 9.17) is 14.6 Å². The summed E-state index contributed by atoms with van der Waals surface area (Å²) >= 11 is 0. The van der Waals surface area contributed by atoms with Crippen LogP contribution in [0, 0.1) is 0 Å². The van der Waals surface area contributed by atoms with Crippen LogP contribution in [0.3, 0.4) is 0 Å². The van der Waals surface area contributed by atoms with Crippen molar-refractivity contribution in [1.82, 2.24) is 0 Å². The summed E-state index contributed by atoms with van der Waals surface area (Å²) in [6, 6.07) is 0. The van der Waals surface area contributed by atoms with Crippen molar-refractivity contribution >= 4 is 0 Å². The molecule has 0 aliphatic carbocycles. The highest BCUT2D eigenvalue weighted by Crippen LogP contribution is 2.11. The van der Waals surface area contributed by atoms with Gasteiger partial charge in [0.15, 0.2) is 6.29 Å². The third kappa shape index (κ3) is 21.6. The Hall–Kier alpha value is -0.380. The molecule has 0 bridgehead atoms. The molecule has 0 aromatic rings. The van der Waals surface area contributed by atoms with E-state index in [1.54, 1.807) is 6.92 Å². The highest BCUT2D eigenvalue weighted by atomic mass is 16.6. The van der Waals surface area contributed by atoms with Gasteiger partial charge in [0.1, 0.15) is 0 Å². The molecule has 0 saturated heterocycles. The van der Waals surface area contributed by atoms with Gasteiger partial charge in [-0.25, -0.2) is 0 Å². The smallest absolute Gasteiger partial charge is 0.151 e. The first-order chi connectivity index (χ1) is 12.2. The molecule has 25 heavy (non-hydrogen) atoms. The number of ether oxygens (including phenoxy) is 2. The van der Waals surface area contributed by atoms with Gasteiger partial charge in [-0.15, -0.1) is 0 Å². The van der Waals surface area contributed by atoms with Gasteiger partial charge in [-0.2, -0.15) is 0 Å². The molecule has 0 heterocycles. The molecule has 0 spiro atoms. The lowest BCUT2D eigenvalue weighted by atomic mass is 10.1. The van der Waals surface area contributed by atoms with Crippen molar-refractivity contribution in [2.45, 2.75) is 117 Å². The third-order valence-corrected chi connectivity index (χ3v) is 4.47. The van der Waals surface area contributed by atoms with Gasteiger partial charge in [0.25, 0.3) is 0 Å². The fourth-order valence-electron chi connectivity index (χ4n) is 2.88. The van der Waals surface area contributed by atoms with Crippen LogP contribution in [0.1, 0.15) is 104 Å². The fourth-order valence-corrected chi connectivity index (χ4v) is 2.88. The van der Waals surface area contributed by atoms with E-state index in [9.17, 15) is 0 Å². The summed E-state index contributed by atoms with van der Waals surface area (Å²) in [6.45, 7) is 7.04. The van der Waals surface area contributed by atoms with Crippen molar-refractivity contribution < 1.29 is 14.6 Å². The van der Waals surface area contributed by atoms with Gasteiger partial charge < -0.3 is 14.6 Å². The van der Waals surface area contributed by atoms with E-state index in [1.165, 1.54) is 77.0 Å². The molecule has 150 valence electrons. The van der Waals surface area contributed by atoms with Crippen molar-refractivity contribution in [3.63, 3.8) is 0 Å². The van der Waals surface area contributed by atoms with Crippen molar-refractivity contribution in [3.05, 3.63) is 12.2 Å². The monoisotopic (exact) mass is 356 g/mol. The second-order valence-electron chi connectivity index (χ2n) is 7.17. The number of rotatable bonds is 19. The van der Waals surface area contributed by atoms with Crippen LogP contribution in [0.5, 0.6) is 0 Å². The first-order valence-corrected chi connectivity index (χ1v) is 10.7. The van der Waals surface area contributed by atoms with Crippen LogP contribution in [0.25, 0.3) is 0 Å². The number of aliphatic hydroxyl groups is 1. The molecule has 2 atom stereocenters. The summed E-state index contributed by atoms with van der Waals surface area (Å²) < 4.78 is 10.7. The molecule has 0 aromatic carbocycles. The van der Waals surface area contributed by atoms with Gasteiger partial charge in [0.05, 0.1) is 19.3 Å². The molecule has 0 aliphatic rings. The Kier molecular flexibility index (Phi) is 19.6. The molecule has 0 radical (unpaired) electrons. The summed E-state index contributed by atoms with van der Waals surface area (Å²) in [6.07, 6.45) is 21.4. The van der Waals surface area contributed by atoms with Gasteiger partial charge in [0.2, 0.25) is 0 Å². The molecule has 2 unspecified atom stereocenters. The number of aliphatic hydroxyl groups excluding tert-OH is 1. The maximum atomic E-state index is 8.98. The summed E-state index contributed by atoms with van der Waals surface area (Å²) in [4.78, 5) is 0. The second-order valence-corrected chi connectivity index (χ2v) is 7.17. The van der Waals surface area contributed by atoms with E-state index in [0.29, 0.717) is 13.2 Å². The summed E-state index contributed by atoms with van der Waals surface area (Å²) in [7, 11) is 0. The number of hydrogen-bond donors (Lipinski definition) is 1. The maximum Gasteiger partial charge on any atom is 0.151 e. The number of unbranched alkanes of at least 4 members (excludes halogenated alkanes) is 10. The fraction of sp³-hybridized carbons (Fsp3) is 0.909. The topological polar surface area (TPSA) is 38.7 Å². The van der Waals surface area contributed by atoms with Crippen LogP contribution in [-0.4, -0.2) is 30.7 Å². The molecule has 0 amide bonds. The number of allylic oxidation sites excluding steroid dienone is 2. The molecule has 0 aromatic heterocycles. The standard InChI is InChI=1S/C22H44O3/c1-4-5-6-7-8-9-10-11-12-13-14-15-16-17-18-21(2)24-19-20-25-22(3)23/h11-12,21-23H,4-10,13-20H2,1-3H3/b12-11-. The first-order valence-electron chi connectivity index (χ1n) is 10.7. The van der Waals surface area contributed by atoms with Crippen molar-refractivity contribution in [1.29, 1.82) is 0 Å². The van der Waals surface area contributed by atoms with E-state index in [1.807, 2.05) is 0 Å². The van der Waals surface area contributed by atoms with Crippen molar-refractivity contribution in [2.24, 2.45) is 0 Å². The SMILES string of the molecule is CCCCCCCC/C=C\CCCCCCC(C)OCCOC(C)O. The van der Waals surface area contributed by atoms with Crippen LogP contribution in [0.15, 0.2) is 12.2 Å². The largest absolute Gasteiger partial charge is 0.376 e. The van der Waals surface area contributed by atoms with E-state index < -0.39 is 6.29 Å². The Labute approximate surface area is 157 Å². The normalized spacial score (nSPS) is 14.2. The molecule has 0 aliphatic heterocycles. The lowest BCUT2D eigenvalue weighted by Gasteiger charge is -2.13. The molecule has 0 fully saturated rings. The Balaban J connectivity index is 3.20. The first kappa shape index (κ1) is 24.6. The van der Waals surface area contributed by atoms with E-state index in [0.717, 1.165) is 6.42 Å². The van der Waals surface area contributed by atoms with E-state index >= 15 is 0 Å². The predicted octanol–water partition coefficient (Wildman–Crippen LogP) is 6.39. The Morgan fingerprint density at radius 1 is 0.720 bits per heavy atom. The molecule has 0 rings (SSSR count). The van der Waals surface area contributed by atoms with E-state index in [-0.39, 0.29) is 6.10 Å². The Morgan fingerprint density at radius 3 is 1.84 bits per heavy atom. The maximum absolute atomic E-state index is 8.98. The molecular weight excluding hydrogens is 312 g/mol. The lowest BCUT2D eigenvalue weighted by molar-refractivity contribution is -0.105. The summed E-state index contributed by atoms with van der Waals surface area (Å²) in [5.74, 6) is 0. The van der Waals surface area contributed by atoms with Crippen LogP contribution in [0.4, 0.5) is 0 Å². The van der Waals surface area contributed by atoms with Crippen molar-refractivity contribution in [3.8, 4) is 0 Å². The zero-order valence-electron chi connectivity index (χ0n) is 17.2. The second kappa shape index (κ2) is 19.9. The average molecular weight is 357 g/mol. The predicted molar refractivity (Wildman–Crippen MR) is 108 cm³/mol. The van der Waals surface area contributed by atoms with Gasteiger partial charge in [-0.05, 0) is 46.0 Å². The van der Waals surface area contributed by atoms with Gasteiger partial charge in [0, 0.05) is 0 Å². The zero-order chi connectivity index (χ0) is 18.6. The molecule has 0 saturated carbocycles. The van der Waals surface area contributed by atoms with E-state index in [2.05, 4.69) is 26.0 Å². The quantitative estimate of drug-likeness (QED) is 0.165. The van der Waals surface area contributed by atoms with Crippen LogP contribution in [-0.2, 0) is 9.47 Å². The van der Waals surface area contributed by atoms with Gasteiger partial charge >= 0.3 is 0 Å². The minimum atomic E-state index is -0.696. The molecule has 3 nitrogen and oxygen atoms in total. The zero-order valence-corrected chi connectivity index (χ0v) is 17.2. The minimum Gasteiger partial charge on any atom is -0.376 e. The highest BCUT2D eigenvalue weighted by molar-refractivity contribution is 4.81. The molecular formula is C22H44O3. The number of hydrogen-bond acceptors (Lipinski definition) is 3. The minimum absolute atomic E-state index is 0.287. The summed E-state index contributed by atoms with van der Waals surface area (Å²) in [5.41, 5.74) is 0. The average Bonchev–Trinajstić information content (AvgIpc) is 2.59. The van der Waals surface area contributed by atoms with Gasteiger partial charge in [-0.3, -0.25) is 0 Å². The highest BCUT2D eigenvalue weighted by Gasteiger charge is 2.02. The Morgan fingerprint density at radius 2 is 1.24 bits per heavy atom. The molecule has 3 heteroatoms. The van der Waals surface area contributed by atoms with Crippen LogP contribution < -0.4 is 0 Å². The third-order valence-electron chi connectivity index (χ3n) is 4.47. The molecule has 1 N–H and O–H groups in total. The van der Waals surface area contributed by atoms with Crippen LogP contribution >= 0.6 is 0 Å². The lowest BCUT2D eigenvalue weighted by Crippen LogP contribution is -2.16. The Bertz CT molecular complexity index is 276. The van der Waals surface area contributed by atoms with Gasteiger partial charge in [-0.1, -0.05) is 70.4 Å². The van der Waals surface area contributed by atoms with Crippen LogP contribution in [0.2, 0.25) is 0 Å².